The Bertz CT molecular complexity index is 1280. The van der Waals surface area contributed by atoms with Crippen LogP contribution in [-0.4, -0.2) is 71.9 Å². The highest BCUT2D eigenvalue weighted by molar-refractivity contribution is 7.14. The molecule has 9 heteroatoms. The minimum Gasteiger partial charge on any atom is -0.496 e. The molecule has 1 aliphatic carbocycles. The largest absolute Gasteiger partial charge is 0.496 e. The highest BCUT2D eigenvalue weighted by Gasteiger charge is 2.27. The third-order valence-electron chi connectivity index (χ3n) is 7.23. The molecule has 1 aliphatic heterocycles. The Morgan fingerprint density at radius 1 is 1.14 bits per heavy atom. The Morgan fingerprint density at radius 3 is 2.62 bits per heavy atom. The molecule has 0 spiro atoms. The van der Waals surface area contributed by atoms with E-state index >= 15 is 0 Å². The molecule has 5 rings (SSSR count). The molecule has 2 fully saturated rings. The van der Waals surface area contributed by atoms with Crippen LogP contribution in [0.4, 0.5) is 5.69 Å². The van der Waals surface area contributed by atoms with Crippen LogP contribution in [0.1, 0.15) is 42.5 Å². The second-order valence-electron chi connectivity index (χ2n) is 10.1. The normalized spacial score (nSPS) is 16.4. The molecular formula is C28H33N5O3S. The van der Waals surface area contributed by atoms with E-state index in [9.17, 15) is 9.59 Å². The molecule has 0 radical (unpaired) electrons. The average Bonchev–Trinajstić information content (AvgIpc) is 3.61. The molecule has 3 heterocycles. The number of methoxy groups -OCH3 is 1. The quantitative estimate of drug-likeness (QED) is 0.461. The number of hydrogen-bond acceptors (Lipinski definition) is 7. The van der Waals surface area contributed by atoms with Gasteiger partial charge in [-0.15, -0.1) is 11.3 Å². The zero-order chi connectivity index (χ0) is 25.9. The number of ether oxygens (including phenoxy) is 1. The van der Waals surface area contributed by atoms with Gasteiger partial charge in [0.1, 0.15) is 5.75 Å². The number of benzene rings is 1. The van der Waals surface area contributed by atoms with Gasteiger partial charge in [-0.3, -0.25) is 14.6 Å². The van der Waals surface area contributed by atoms with Gasteiger partial charge in [0.15, 0.2) is 0 Å². The maximum atomic E-state index is 13.3. The van der Waals surface area contributed by atoms with Crippen molar-refractivity contribution in [3.8, 4) is 27.6 Å². The number of carbonyl (C=O) groups is 2. The molecule has 2 amide bonds. The van der Waals surface area contributed by atoms with Crippen LogP contribution in [0.2, 0.25) is 0 Å². The number of thiophene rings is 1. The van der Waals surface area contributed by atoms with E-state index in [1.807, 2.05) is 41.6 Å². The maximum absolute atomic E-state index is 13.3. The molecule has 194 valence electrons. The van der Waals surface area contributed by atoms with E-state index in [2.05, 4.69) is 22.2 Å². The topological polar surface area (TPSA) is 87.7 Å². The summed E-state index contributed by atoms with van der Waals surface area (Å²) in [4.78, 5) is 39.7. The summed E-state index contributed by atoms with van der Waals surface area (Å²) in [7, 11) is 5.57. The predicted molar refractivity (Wildman–Crippen MR) is 146 cm³/mol. The van der Waals surface area contributed by atoms with Crippen LogP contribution in [0, 0.1) is 5.92 Å². The minimum atomic E-state index is -0.0346. The van der Waals surface area contributed by atoms with Gasteiger partial charge < -0.3 is 19.9 Å². The first-order valence-electron chi connectivity index (χ1n) is 12.8. The summed E-state index contributed by atoms with van der Waals surface area (Å²) in [5.74, 6) is 1.10. The van der Waals surface area contributed by atoms with E-state index in [1.54, 1.807) is 19.5 Å². The summed E-state index contributed by atoms with van der Waals surface area (Å²) in [6.45, 7) is 1.98. The molecule has 8 nitrogen and oxygen atoms in total. The van der Waals surface area contributed by atoms with E-state index in [0.717, 1.165) is 60.6 Å². The van der Waals surface area contributed by atoms with E-state index in [0.29, 0.717) is 29.3 Å². The lowest BCUT2D eigenvalue weighted by Crippen LogP contribution is -2.44. The van der Waals surface area contributed by atoms with Crippen molar-refractivity contribution in [1.82, 2.24) is 19.8 Å². The van der Waals surface area contributed by atoms with E-state index in [-0.39, 0.29) is 17.9 Å². The molecule has 1 aromatic carbocycles. The second kappa shape index (κ2) is 11.0. The number of rotatable bonds is 8. The first-order valence-corrected chi connectivity index (χ1v) is 13.6. The van der Waals surface area contributed by atoms with E-state index in [1.165, 1.54) is 11.3 Å². The number of nitrogens with one attached hydrogen (secondary N) is 1. The van der Waals surface area contributed by atoms with Gasteiger partial charge in [0, 0.05) is 30.5 Å². The Kier molecular flexibility index (Phi) is 7.53. The van der Waals surface area contributed by atoms with Crippen LogP contribution in [0.25, 0.3) is 21.8 Å². The molecule has 0 unspecified atom stereocenters. The first-order chi connectivity index (χ1) is 17.9. The lowest BCUT2D eigenvalue weighted by atomic mass is 10.0. The number of carbonyl (C=O) groups excluding carboxylic acids is 2. The Morgan fingerprint density at radius 2 is 1.89 bits per heavy atom. The van der Waals surface area contributed by atoms with Crippen molar-refractivity contribution < 1.29 is 14.3 Å². The number of nitrogens with zero attached hydrogens (tertiary/aromatic N) is 4. The molecule has 3 aromatic rings. The second-order valence-corrected chi connectivity index (χ2v) is 11.0. The molecule has 1 saturated carbocycles. The fourth-order valence-corrected chi connectivity index (χ4v) is 5.52. The minimum absolute atomic E-state index is 0.0346. The highest BCUT2D eigenvalue weighted by atomic mass is 32.1. The number of amides is 2. The number of aromatic nitrogens is 2. The van der Waals surface area contributed by atoms with Gasteiger partial charge in [0.25, 0.3) is 5.91 Å². The Labute approximate surface area is 221 Å². The third kappa shape index (κ3) is 5.99. The van der Waals surface area contributed by atoms with Crippen LogP contribution < -0.4 is 10.1 Å². The first kappa shape index (κ1) is 25.4. The maximum Gasteiger partial charge on any atom is 0.257 e. The van der Waals surface area contributed by atoms with E-state index in [4.69, 9.17) is 9.72 Å². The van der Waals surface area contributed by atoms with Crippen LogP contribution in [0.15, 0.2) is 42.0 Å². The van der Waals surface area contributed by atoms with Crippen molar-refractivity contribution >= 4 is 28.8 Å². The van der Waals surface area contributed by atoms with Crippen LogP contribution in [0.5, 0.6) is 5.75 Å². The van der Waals surface area contributed by atoms with Gasteiger partial charge in [-0.25, -0.2) is 4.98 Å². The molecule has 2 aromatic heterocycles. The van der Waals surface area contributed by atoms with Crippen molar-refractivity contribution in [1.29, 1.82) is 0 Å². The summed E-state index contributed by atoms with van der Waals surface area (Å²) in [6, 6.07) is 7.72. The molecule has 2 aliphatic rings. The summed E-state index contributed by atoms with van der Waals surface area (Å²) in [5.41, 5.74) is 3.56. The van der Waals surface area contributed by atoms with Gasteiger partial charge in [0.2, 0.25) is 5.91 Å². The smallest absolute Gasteiger partial charge is 0.257 e. The SMILES string of the molecule is COc1cc(-c2cncc(-c3cc(NC(=O)CC4CC4)cs3)n2)ccc1C(=O)N(C)C1CCN(C)CC1. The fraction of sp³-hybridized carbons (Fsp3) is 0.429. The number of anilines is 1. The Hall–Kier alpha value is -3.30. The summed E-state index contributed by atoms with van der Waals surface area (Å²) < 4.78 is 5.63. The lowest BCUT2D eigenvalue weighted by molar-refractivity contribution is -0.116. The molecular weight excluding hydrogens is 486 g/mol. The van der Waals surface area contributed by atoms with Gasteiger partial charge in [-0.05, 0) is 69.9 Å². The van der Waals surface area contributed by atoms with Crippen LogP contribution >= 0.6 is 11.3 Å². The molecule has 0 atom stereocenters. The molecule has 0 bridgehead atoms. The van der Waals surface area contributed by atoms with Crippen molar-refractivity contribution in [2.24, 2.45) is 5.92 Å². The van der Waals surface area contributed by atoms with E-state index < -0.39 is 0 Å². The molecule has 1 saturated heterocycles. The molecule has 37 heavy (non-hydrogen) atoms. The van der Waals surface area contributed by atoms with Gasteiger partial charge >= 0.3 is 0 Å². The standard InChI is InChI=1S/C28H33N5O3S/c1-32-10-8-21(9-11-32)33(2)28(35)22-7-6-19(13-25(22)36-3)23-15-29-16-24(31-23)26-14-20(17-37-26)30-27(34)12-18-4-5-18/h6-7,13-18,21H,4-5,8-12H2,1-3H3,(H,30,34). The van der Waals surface area contributed by atoms with Crippen molar-refractivity contribution in [2.75, 3.05) is 39.6 Å². The summed E-state index contributed by atoms with van der Waals surface area (Å²) in [5, 5.41) is 4.91. The monoisotopic (exact) mass is 519 g/mol. The predicted octanol–water partition coefficient (Wildman–Crippen LogP) is 4.79. The highest BCUT2D eigenvalue weighted by Crippen LogP contribution is 2.34. The number of piperidine rings is 1. The molecule has 1 N–H and O–H groups in total. The van der Waals surface area contributed by atoms with Gasteiger partial charge in [-0.1, -0.05) is 6.07 Å². The fourth-order valence-electron chi connectivity index (χ4n) is 4.72. The van der Waals surface area contributed by atoms with Gasteiger partial charge in [-0.2, -0.15) is 0 Å². The number of hydrogen-bond donors (Lipinski definition) is 1. The summed E-state index contributed by atoms with van der Waals surface area (Å²) >= 11 is 1.52. The zero-order valence-corrected chi connectivity index (χ0v) is 22.4. The zero-order valence-electron chi connectivity index (χ0n) is 21.6. The van der Waals surface area contributed by atoms with Crippen molar-refractivity contribution in [2.45, 2.75) is 38.1 Å². The van der Waals surface area contributed by atoms with Crippen molar-refractivity contribution in [3.05, 3.63) is 47.6 Å². The Balaban J connectivity index is 1.32. The number of likely N-dealkylation sites (tertiary alicyclic amines) is 1. The van der Waals surface area contributed by atoms with Crippen LogP contribution in [-0.2, 0) is 4.79 Å². The van der Waals surface area contributed by atoms with Gasteiger partial charge in [0.05, 0.1) is 47.0 Å². The van der Waals surface area contributed by atoms with Crippen molar-refractivity contribution in [3.63, 3.8) is 0 Å². The average molecular weight is 520 g/mol. The lowest BCUT2D eigenvalue weighted by Gasteiger charge is -2.35. The summed E-state index contributed by atoms with van der Waals surface area (Å²) in [6.07, 6.45) is 8.26. The third-order valence-corrected chi connectivity index (χ3v) is 8.18. The van der Waals surface area contributed by atoms with Crippen LogP contribution in [0.3, 0.4) is 0 Å².